The first-order valence-electron chi connectivity index (χ1n) is 8.29. The number of benzene rings is 2. The number of H-pyrrole nitrogens is 1. The molecule has 0 bridgehead atoms. The van der Waals surface area contributed by atoms with Crippen LogP contribution in [0.3, 0.4) is 0 Å². The minimum Gasteiger partial charge on any atom is -0.378 e. The van der Waals surface area contributed by atoms with Gasteiger partial charge in [0, 0.05) is 22.2 Å². The molecule has 27 heavy (non-hydrogen) atoms. The van der Waals surface area contributed by atoms with Crippen molar-refractivity contribution in [2.24, 2.45) is 0 Å². The summed E-state index contributed by atoms with van der Waals surface area (Å²) in [5, 5.41) is 7.73. The van der Waals surface area contributed by atoms with E-state index in [1.807, 2.05) is 31.2 Å². The summed E-state index contributed by atoms with van der Waals surface area (Å²) < 4.78 is 18.5. The highest BCUT2D eigenvalue weighted by Gasteiger charge is 2.14. The lowest BCUT2D eigenvalue weighted by atomic mass is 10.1. The first kappa shape index (κ1) is 17.3. The average Bonchev–Trinajstić information content (AvgIpc) is 3.17. The number of aromatic nitrogens is 2. The predicted molar refractivity (Wildman–Crippen MR) is 104 cm³/mol. The summed E-state index contributed by atoms with van der Waals surface area (Å²) in [5.41, 5.74) is 3.27. The van der Waals surface area contributed by atoms with Gasteiger partial charge in [-0.05, 0) is 42.8 Å². The van der Waals surface area contributed by atoms with Crippen molar-refractivity contribution in [1.29, 1.82) is 0 Å². The summed E-state index contributed by atoms with van der Waals surface area (Å²) in [6.45, 7) is 1.86. The zero-order chi connectivity index (χ0) is 19.0. The van der Waals surface area contributed by atoms with Crippen LogP contribution in [0.5, 0.6) is 0 Å². The zero-order valence-corrected chi connectivity index (χ0v) is 15.0. The van der Waals surface area contributed by atoms with Crippen LogP contribution in [-0.2, 0) is 0 Å². The van der Waals surface area contributed by atoms with Gasteiger partial charge in [-0.2, -0.15) is 0 Å². The molecule has 4 aromatic rings. The SMILES string of the molecule is C[C@H](Nc1cccc(-c2cnoc2)c1)c1cc2cc(F)cc(Cl)c2[nH]c1=O. The Bertz CT molecular complexity index is 1170. The number of hydrogen-bond donors (Lipinski definition) is 2. The molecular weight excluding hydrogens is 369 g/mol. The standard InChI is InChI=1S/C20H15ClFN3O2/c1-11(24-16-4-2-3-12(6-16)14-9-23-27-10-14)17-7-13-5-15(22)8-18(21)19(13)25-20(17)26/h2-11,24H,1H3,(H,25,26)/t11-/m0/s1. The molecule has 0 radical (unpaired) electrons. The lowest BCUT2D eigenvalue weighted by Crippen LogP contribution is -2.19. The van der Waals surface area contributed by atoms with Crippen molar-refractivity contribution in [2.75, 3.05) is 5.32 Å². The monoisotopic (exact) mass is 383 g/mol. The maximum absolute atomic E-state index is 13.7. The average molecular weight is 384 g/mol. The molecule has 5 nitrogen and oxygen atoms in total. The molecule has 136 valence electrons. The van der Waals surface area contributed by atoms with Crippen LogP contribution in [0, 0.1) is 5.82 Å². The summed E-state index contributed by atoms with van der Waals surface area (Å²) in [6, 6.07) is 11.6. The number of anilines is 1. The van der Waals surface area contributed by atoms with Crippen LogP contribution < -0.4 is 10.9 Å². The Kier molecular flexibility index (Phi) is 4.41. The van der Waals surface area contributed by atoms with Crippen LogP contribution in [0.4, 0.5) is 10.1 Å². The summed E-state index contributed by atoms with van der Waals surface area (Å²) in [4.78, 5) is 15.2. The van der Waals surface area contributed by atoms with Crippen LogP contribution >= 0.6 is 11.6 Å². The molecule has 0 fully saturated rings. The Labute approximate surface area is 158 Å². The van der Waals surface area contributed by atoms with Crippen molar-refractivity contribution < 1.29 is 8.91 Å². The van der Waals surface area contributed by atoms with Gasteiger partial charge in [-0.3, -0.25) is 4.79 Å². The number of halogens is 2. The quantitative estimate of drug-likeness (QED) is 0.511. The molecule has 0 spiro atoms. The van der Waals surface area contributed by atoms with Gasteiger partial charge < -0.3 is 14.8 Å². The molecule has 2 aromatic carbocycles. The normalized spacial score (nSPS) is 12.3. The van der Waals surface area contributed by atoms with E-state index in [9.17, 15) is 9.18 Å². The Morgan fingerprint density at radius 1 is 1.22 bits per heavy atom. The molecular formula is C20H15ClFN3O2. The summed E-state index contributed by atoms with van der Waals surface area (Å²) >= 11 is 6.02. The smallest absolute Gasteiger partial charge is 0.253 e. The van der Waals surface area contributed by atoms with Gasteiger partial charge in [-0.15, -0.1) is 0 Å². The van der Waals surface area contributed by atoms with Gasteiger partial charge in [0.1, 0.15) is 12.1 Å². The number of nitrogens with zero attached hydrogens (tertiary/aromatic N) is 1. The second-order valence-corrected chi connectivity index (χ2v) is 6.67. The van der Waals surface area contributed by atoms with E-state index in [0.29, 0.717) is 16.5 Å². The van der Waals surface area contributed by atoms with Crippen molar-refractivity contribution in [1.82, 2.24) is 10.1 Å². The fourth-order valence-electron chi connectivity index (χ4n) is 3.04. The maximum Gasteiger partial charge on any atom is 0.253 e. The van der Waals surface area contributed by atoms with Crippen molar-refractivity contribution >= 4 is 28.2 Å². The number of pyridine rings is 1. The molecule has 0 aliphatic carbocycles. The van der Waals surface area contributed by atoms with E-state index in [2.05, 4.69) is 15.5 Å². The van der Waals surface area contributed by atoms with Crippen molar-refractivity contribution in [2.45, 2.75) is 13.0 Å². The van der Waals surface area contributed by atoms with E-state index in [-0.39, 0.29) is 16.6 Å². The van der Waals surface area contributed by atoms with E-state index in [1.165, 1.54) is 12.1 Å². The lowest BCUT2D eigenvalue weighted by molar-refractivity contribution is 0.420. The van der Waals surface area contributed by atoms with E-state index in [4.69, 9.17) is 16.1 Å². The second kappa shape index (κ2) is 6.89. The second-order valence-electron chi connectivity index (χ2n) is 6.27. The van der Waals surface area contributed by atoms with Crippen LogP contribution in [0.1, 0.15) is 18.5 Å². The van der Waals surface area contributed by atoms with E-state index >= 15 is 0 Å². The molecule has 0 amide bonds. The zero-order valence-electron chi connectivity index (χ0n) is 14.3. The fraction of sp³-hybridized carbons (Fsp3) is 0.100. The highest BCUT2D eigenvalue weighted by Crippen LogP contribution is 2.27. The summed E-state index contributed by atoms with van der Waals surface area (Å²) in [6.07, 6.45) is 3.20. The van der Waals surface area contributed by atoms with Gasteiger partial charge in [0.2, 0.25) is 0 Å². The van der Waals surface area contributed by atoms with Crippen molar-refractivity contribution in [3.05, 3.63) is 81.7 Å². The van der Waals surface area contributed by atoms with Gasteiger partial charge >= 0.3 is 0 Å². The minimum atomic E-state index is -0.451. The Balaban J connectivity index is 1.67. The third-order valence-corrected chi connectivity index (χ3v) is 4.67. The molecule has 1 atom stereocenters. The number of hydrogen-bond acceptors (Lipinski definition) is 4. The molecule has 4 rings (SSSR count). The van der Waals surface area contributed by atoms with Gasteiger partial charge in [0.15, 0.2) is 0 Å². The number of fused-ring (bicyclic) bond motifs is 1. The van der Waals surface area contributed by atoms with Gasteiger partial charge in [-0.25, -0.2) is 4.39 Å². The summed E-state index contributed by atoms with van der Waals surface area (Å²) in [7, 11) is 0. The molecule has 0 saturated heterocycles. The van der Waals surface area contributed by atoms with E-state index < -0.39 is 5.82 Å². The maximum atomic E-state index is 13.7. The lowest BCUT2D eigenvalue weighted by Gasteiger charge is -2.16. The van der Waals surface area contributed by atoms with Crippen LogP contribution in [-0.4, -0.2) is 10.1 Å². The Hall–Kier alpha value is -3.12. The van der Waals surface area contributed by atoms with Crippen molar-refractivity contribution in [3.63, 3.8) is 0 Å². The third-order valence-electron chi connectivity index (χ3n) is 4.38. The molecule has 2 N–H and O–H groups in total. The van der Waals surface area contributed by atoms with Gasteiger partial charge in [0.25, 0.3) is 5.56 Å². The molecule has 0 unspecified atom stereocenters. The van der Waals surface area contributed by atoms with Gasteiger partial charge in [-0.1, -0.05) is 28.9 Å². The van der Waals surface area contributed by atoms with E-state index in [0.717, 1.165) is 16.8 Å². The first-order chi connectivity index (χ1) is 13.0. The minimum absolute atomic E-state index is 0.177. The molecule has 7 heteroatoms. The summed E-state index contributed by atoms with van der Waals surface area (Å²) in [5.74, 6) is -0.451. The predicted octanol–water partition coefficient (Wildman–Crippen LogP) is 5.15. The first-order valence-corrected chi connectivity index (χ1v) is 8.67. The molecule has 2 heterocycles. The Morgan fingerprint density at radius 3 is 2.85 bits per heavy atom. The molecule has 0 aliphatic heterocycles. The fourth-order valence-corrected chi connectivity index (χ4v) is 3.30. The highest BCUT2D eigenvalue weighted by molar-refractivity contribution is 6.35. The van der Waals surface area contributed by atoms with Crippen LogP contribution in [0.25, 0.3) is 22.0 Å². The largest absolute Gasteiger partial charge is 0.378 e. The highest BCUT2D eigenvalue weighted by atomic mass is 35.5. The number of rotatable bonds is 4. The van der Waals surface area contributed by atoms with Crippen LogP contribution in [0.15, 0.2) is 64.2 Å². The number of aromatic amines is 1. The molecule has 2 aromatic heterocycles. The molecule has 0 saturated carbocycles. The number of nitrogens with one attached hydrogen (secondary N) is 2. The topological polar surface area (TPSA) is 70.9 Å². The third kappa shape index (κ3) is 3.44. The van der Waals surface area contributed by atoms with Crippen LogP contribution in [0.2, 0.25) is 5.02 Å². The molecule has 0 aliphatic rings. The van der Waals surface area contributed by atoms with E-state index in [1.54, 1.807) is 18.5 Å². The van der Waals surface area contributed by atoms with Gasteiger partial charge in [0.05, 0.1) is 22.8 Å². The Morgan fingerprint density at radius 2 is 2.07 bits per heavy atom. The van der Waals surface area contributed by atoms with Crippen molar-refractivity contribution in [3.8, 4) is 11.1 Å².